The van der Waals surface area contributed by atoms with Gasteiger partial charge in [-0.25, -0.2) is 4.79 Å². The normalized spacial score (nSPS) is 15.5. The fraction of sp³-hybridized carbons (Fsp3) is 0.600. The molecule has 0 aliphatic heterocycles. The molecule has 2 rings (SSSR count). The third-order valence-electron chi connectivity index (χ3n) is 2.53. The minimum absolute atomic E-state index is 0.132. The van der Waals surface area contributed by atoms with Crippen molar-refractivity contribution in [1.29, 1.82) is 0 Å². The van der Waals surface area contributed by atoms with Gasteiger partial charge in [-0.2, -0.15) is 5.10 Å². The summed E-state index contributed by atoms with van der Waals surface area (Å²) in [7, 11) is 1.62. The van der Waals surface area contributed by atoms with Crippen LogP contribution in [0.5, 0.6) is 0 Å². The number of methoxy groups -OCH3 is 1. The Labute approximate surface area is 87.7 Å². The molecule has 82 valence electrons. The van der Waals surface area contributed by atoms with Gasteiger partial charge in [0.25, 0.3) is 0 Å². The van der Waals surface area contributed by atoms with E-state index >= 15 is 0 Å². The molecule has 1 aromatic rings. The Balaban J connectivity index is 2.20. The average molecular weight is 210 g/mol. The van der Waals surface area contributed by atoms with Crippen LogP contribution in [-0.4, -0.2) is 34.6 Å². The van der Waals surface area contributed by atoms with Gasteiger partial charge in [0.2, 0.25) is 0 Å². The van der Waals surface area contributed by atoms with Gasteiger partial charge in [-0.05, 0) is 18.9 Å². The number of aromatic nitrogens is 2. The first kappa shape index (κ1) is 10.2. The highest BCUT2D eigenvalue weighted by atomic mass is 16.5. The number of carboxylic acids is 1. The lowest BCUT2D eigenvalue weighted by Gasteiger charge is -2.04. The number of rotatable bonds is 5. The standard InChI is InChI=1S/C10H14N2O3/c1-15-5-4-12-9(7-2-3-7)6-8(11-12)10(13)14/h6-7H,2-5H2,1H3,(H,13,14). The molecular formula is C10H14N2O3. The van der Waals surface area contributed by atoms with E-state index in [1.54, 1.807) is 17.9 Å². The summed E-state index contributed by atoms with van der Waals surface area (Å²) in [5.74, 6) is -0.462. The first-order valence-electron chi connectivity index (χ1n) is 5.02. The van der Waals surface area contributed by atoms with Crippen molar-refractivity contribution in [1.82, 2.24) is 9.78 Å². The molecule has 0 aromatic carbocycles. The van der Waals surface area contributed by atoms with Gasteiger partial charge in [0, 0.05) is 18.7 Å². The maximum absolute atomic E-state index is 10.8. The van der Waals surface area contributed by atoms with E-state index in [1.807, 2.05) is 0 Å². The lowest BCUT2D eigenvalue weighted by molar-refractivity contribution is 0.0689. The third kappa shape index (κ3) is 2.18. The zero-order valence-electron chi connectivity index (χ0n) is 8.64. The molecule has 1 saturated carbocycles. The minimum Gasteiger partial charge on any atom is -0.476 e. The van der Waals surface area contributed by atoms with Crippen molar-refractivity contribution >= 4 is 5.97 Å². The summed E-state index contributed by atoms with van der Waals surface area (Å²) in [5, 5.41) is 12.9. The zero-order valence-corrected chi connectivity index (χ0v) is 8.64. The van der Waals surface area contributed by atoms with Crippen LogP contribution in [0.4, 0.5) is 0 Å². The molecule has 0 radical (unpaired) electrons. The molecule has 1 heterocycles. The summed E-state index contributed by atoms with van der Waals surface area (Å²) in [6.45, 7) is 1.18. The summed E-state index contributed by atoms with van der Waals surface area (Å²) in [6.07, 6.45) is 2.27. The average Bonchev–Trinajstić information content (AvgIpc) is 2.95. The molecule has 0 unspecified atom stereocenters. The van der Waals surface area contributed by atoms with Crippen molar-refractivity contribution < 1.29 is 14.6 Å². The lowest BCUT2D eigenvalue weighted by Crippen LogP contribution is -2.09. The third-order valence-corrected chi connectivity index (χ3v) is 2.53. The molecular weight excluding hydrogens is 196 g/mol. The van der Waals surface area contributed by atoms with Gasteiger partial charge >= 0.3 is 5.97 Å². The smallest absolute Gasteiger partial charge is 0.356 e. The largest absolute Gasteiger partial charge is 0.476 e. The van der Waals surface area contributed by atoms with Crippen molar-refractivity contribution in [2.45, 2.75) is 25.3 Å². The number of hydrogen-bond donors (Lipinski definition) is 1. The van der Waals surface area contributed by atoms with Gasteiger partial charge in [-0.1, -0.05) is 0 Å². The molecule has 0 saturated heterocycles. The Morgan fingerprint density at radius 1 is 1.73 bits per heavy atom. The van der Waals surface area contributed by atoms with Gasteiger partial charge in [0.15, 0.2) is 5.69 Å². The number of hydrogen-bond acceptors (Lipinski definition) is 3. The van der Waals surface area contributed by atoms with Crippen molar-refractivity contribution in [3.05, 3.63) is 17.5 Å². The molecule has 1 N–H and O–H groups in total. The Hall–Kier alpha value is -1.36. The first-order chi connectivity index (χ1) is 7.22. The maximum Gasteiger partial charge on any atom is 0.356 e. The number of aromatic carboxylic acids is 1. The van der Waals surface area contributed by atoms with Gasteiger partial charge < -0.3 is 9.84 Å². The molecule has 0 bridgehead atoms. The van der Waals surface area contributed by atoms with Crippen LogP contribution < -0.4 is 0 Å². The predicted octanol–water partition coefficient (Wildman–Crippen LogP) is 1.11. The highest BCUT2D eigenvalue weighted by Crippen LogP contribution is 2.40. The van der Waals surface area contributed by atoms with E-state index in [0.29, 0.717) is 19.1 Å². The Bertz CT molecular complexity index is 369. The fourth-order valence-corrected chi connectivity index (χ4v) is 1.60. The number of carboxylic acid groups (broad SMARTS) is 1. The maximum atomic E-state index is 10.8. The molecule has 0 atom stereocenters. The molecule has 5 heteroatoms. The molecule has 5 nitrogen and oxygen atoms in total. The van der Waals surface area contributed by atoms with Crippen LogP contribution in [-0.2, 0) is 11.3 Å². The van der Waals surface area contributed by atoms with Crippen LogP contribution in [0.15, 0.2) is 6.07 Å². The van der Waals surface area contributed by atoms with Crippen LogP contribution in [0.2, 0.25) is 0 Å². The highest BCUT2D eigenvalue weighted by Gasteiger charge is 2.28. The quantitative estimate of drug-likeness (QED) is 0.790. The van der Waals surface area contributed by atoms with E-state index in [1.165, 1.54) is 0 Å². The van der Waals surface area contributed by atoms with Crippen LogP contribution in [0, 0.1) is 0 Å². The highest BCUT2D eigenvalue weighted by molar-refractivity contribution is 5.85. The van der Waals surface area contributed by atoms with E-state index < -0.39 is 5.97 Å². The minimum atomic E-state index is -0.965. The van der Waals surface area contributed by atoms with E-state index in [0.717, 1.165) is 18.5 Å². The number of nitrogens with zero attached hydrogens (tertiary/aromatic N) is 2. The topological polar surface area (TPSA) is 64.4 Å². The summed E-state index contributed by atoms with van der Waals surface area (Å²) in [4.78, 5) is 10.8. The Kier molecular flexibility index (Phi) is 2.73. The second kappa shape index (κ2) is 4.02. The Morgan fingerprint density at radius 3 is 3.00 bits per heavy atom. The number of carbonyl (C=O) groups is 1. The van der Waals surface area contributed by atoms with Gasteiger partial charge in [-0.15, -0.1) is 0 Å². The van der Waals surface area contributed by atoms with Crippen LogP contribution >= 0.6 is 0 Å². The molecule has 1 aliphatic rings. The van der Waals surface area contributed by atoms with Crippen LogP contribution in [0.3, 0.4) is 0 Å². The first-order valence-corrected chi connectivity index (χ1v) is 5.02. The van der Waals surface area contributed by atoms with Crippen molar-refractivity contribution in [3.8, 4) is 0 Å². The molecule has 1 fully saturated rings. The van der Waals surface area contributed by atoms with E-state index in [9.17, 15) is 4.79 Å². The summed E-state index contributed by atoms with van der Waals surface area (Å²) < 4.78 is 6.72. The summed E-state index contributed by atoms with van der Waals surface area (Å²) >= 11 is 0. The van der Waals surface area contributed by atoms with Crippen LogP contribution in [0.25, 0.3) is 0 Å². The van der Waals surface area contributed by atoms with Crippen molar-refractivity contribution in [2.75, 3.05) is 13.7 Å². The van der Waals surface area contributed by atoms with E-state index in [-0.39, 0.29) is 5.69 Å². The van der Waals surface area contributed by atoms with E-state index in [4.69, 9.17) is 9.84 Å². The molecule has 1 aromatic heterocycles. The molecule has 0 amide bonds. The zero-order chi connectivity index (χ0) is 10.8. The van der Waals surface area contributed by atoms with Gasteiger partial charge in [0.05, 0.1) is 13.2 Å². The second-order valence-corrected chi connectivity index (χ2v) is 3.75. The van der Waals surface area contributed by atoms with Crippen molar-refractivity contribution in [3.63, 3.8) is 0 Å². The van der Waals surface area contributed by atoms with Gasteiger partial charge in [0.1, 0.15) is 0 Å². The Morgan fingerprint density at radius 2 is 2.47 bits per heavy atom. The lowest BCUT2D eigenvalue weighted by atomic mass is 10.2. The monoisotopic (exact) mass is 210 g/mol. The van der Waals surface area contributed by atoms with Crippen molar-refractivity contribution in [2.24, 2.45) is 0 Å². The number of ether oxygens (including phenoxy) is 1. The molecule has 0 spiro atoms. The molecule has 1 aliphatic carbocycles. The van der Waals surface area contributed by atoms with E-state index in [2.05, 4.69) is 5.10 Å². The van der Waals surface area contributed by atoms with Crippen LogP contribution in [0.1, 0.15) is 34.9 Å². The summed E-state index contributed by atoms with van der Waals surface area (Å²) in [6, 6.07) is 1.68. The second-order valence-electron chi connectivity index (χ2n) is 3.75. The predicted molar refractivity (Wildman–Crippen MR) is 53.0 cm³/mol. The SMILES string of the molecule is COCCn1nc(C(=O)O)cc1C1CC1. The molecule has 15 heavy (non-hydrogen) atoms. The fourth-order valence-electron chi connectivity index (χ4n) is 1.60. The summed E-state index contributed by atoms with van der Waals surface area (Å²) in [5.41, 5.74) is 1.16. The van der Waals surface area contributed by atoms with Gasteiger partial charge in [-0.3, -0.25) is 4.68 Å².